The summed E-state index contributed by atoms with van der Waals surface area (Å²) in [5, 5.41) is 5.18. The van der Waals surface area contributed by atoms with E-state index in [2.05, 4.69) is 5.32 Å². The highest BCUT2D eigenvalue weighted by Crippen LogP contribution is 2.41. The van der Waals surface area contributed by atoms with Crippen molar-refractivity contribution in [3.8, 4) is 0 Å². The topological polar surface area (TPSA) is 75.7 Å². The highest BCUT2D eigenvalue weighted by molar-refractivity contribution is 6.11. The molecule has 4 rings (SSSR count). The number of fused-ring (bicyclic) bond motifs is 1. The lowest BCUT2D eigenvalue weighted by molar-refractivity contribution is -0.141. The van der Waals surface area contributed by atoms with Crippen LogP contribution in [0.5, 0.6) is 0 Å². The third kappa shape index (κ3) is 4.59. The van der Waals surface area contributed by atoms with E-state index in [9.17, 15) is 14.4 Å². The Morgan fingerprint density at radius 2 is 1.76 bits per heavy atom. The molecule has 3 aromatic carbocycles. The molecule has 1 N–H and O–H groups in total. The monoisotopic (exact) mass is 458 g/mol. The molecule has 34 heavy (non-hydrogen) atoms. The van der Waals surface area contributed by atoms with Gasteiger partial charge in [0, 0.05) is 39.6 Å². The van der Waals surface area contributed by atoms with E-state index in [1.54, 1.807) is 7.11 Å². The smallest absolute Gasteiger partial charge is 0.240 e. The van der Waals surface area contributed by atoms with Crippen LogP contribution in [-0.4, -0.2) is 42.9 Å². The quantitative estimate of drug-likeness (QED) is 0.390. The SMILES string of the molecule is COCCCN1C(=O)C[C@](CC(=O)NCc2cccc3ccccc23)(c2ccccc2C)C1=O. The van der Waals surface area contributed by atoms with Crippen molar-refractivity contribution < 1.29 is 19.1 Å². The van der Waals surface area contributed by atoms with E-state index in [0.717, 1.165) is 27.5 Å². The number of nitrogens with one attached hydrogen (secondary N) is 1. The zero-order valence-electron chi connectivity index (χ0n) is 19.7. The van der Waals surface area contributed by atoms with Crippen LogP contribution in [0.2, 0.25) is 0 Å². The van der Waals surface area contributed by atoms with Crippen LogP contribution in [0.15, 0.2) is 66.7 Å². The molecule has 0 spiro atoms. The van der Waals surface area contributed by atoms with Crippen LogP contribution in [-0.2, 0) is 31.1 Å². The van der Waals surface area contributed by atoms with Gasteiger partial charge in [-0.05, 0) is 40.8 Å². The van der Waals surface area contributed by atoms with E-state index < -0.39 is 5.41 Å². The number of amides is 3. The molecule has 176 valence electrons. The van der Waals surface area contributed by atoms with Gasteiger partial charge in [-0.25, -0.2) is 0 Å². The van der Waals surface area contributed by atoms with E-state index in [4.69, 9.17) is 4.74 Å². The van der Waals surface area contributed by atoms with E-state index in [1.165, 1.54) is 4.90 Å². The fraction of sp³-hybridized carbons (Fsp3) is 0.321. The minimum atomic E-state index is -1.20. The summed E-state index contributed by atoms with van der Waals surface area (Å²) < 4.78 is 5.08. The third-order valence-electron chi connectivity index (χ3n) is 6.62. The molecule has 1 atom stereocenters. The van der Waals surface area contributed by atoms with Crippen molar-refractivity contribution in [2.75, 3.05) is 20.3 Å². The molecule has 0 saturated carbocycles. The van der Waals surface area contributed by atoms with Gasteiger partial charge in [0.05, 0.1) is 5.41 Å². The van der Waals surface area contributed by atoms with Gasteiger partial charge >= 0.3 is 0 Å². The number of rotatable bonds is 9. The number of hydrogen-bond acceptors (Lipinski definition) is 4. The number of aryl methyl sites for hydroxylation is 1. The number of carbonyl (C=O) groups is 3. The number of hydrogen-bond donors (Lipinski definition) is 1. The van der Waals surface area contributed by atoms with E-state index in [0.29, 0.717) is 19.6 Å². The minimum absolute atomic E-state index is 0.00857. The number of imide groups is 1. The van der Waals surface area contributed by atoms with Gasteiger partial charge in [-0.2, -0.15) is 0 Å². The van der Waals surface area contributed by atoms with Crippen LogP contribution in [0.25, 0.3) is 10.8 Å². The Bertz CT molecular complexity index is 1220. The first kappa shape index (κ1) is 23.6. The lowest BCUT2D eigenvalue weighted by Gasteiger charge is -2.28. The maximum atomic E-state index is 13.7. The maximum Gasteiger partial charge on any atom is 0.240 e. The number of ether oxygens (including phenoxy) is 1. The predicted molar refractivity (Wildman–Crippen MR) is 131 cm³/mol. The lowest BCUT2D eigenvalue weighted by Crippen LogP contribution is -2.43. The van der Waals surface area contributed by atoms with Gasteiger partial charge in [0.2, 0.25) is 17.7 Å². The van der Waals surface area contributed by atoms with E-state index in [-0.39, 0.29) is 37.1 Å². The van der Waals surface area contributed by atoms with Gasteiger partial charge < -0.3 is 10.1 Å². The van der Waals surface area contributed by atoms with Crippen LogP contribution < -0.4 is 5.32 Å². The molecule has 3 amide bonds. The summed E-state index contributed by atoms with van der Waals surface area (Å²) in [4.78, 5) is 41.1. The maximum absolute atomic E-state index is 13.7. The highest BCUT2D eigenvalue weighted by atomic mass is 16.5. The summed E-state index contributed by atoms with van der Waals surface area (Å²) in [5.74, 6) is -0.800. The molecule has 3 aromatic rings. The van der Waals surface area contributed by atoms with Gasteiger partial charge in [0.25, 0.3) is 0 Å². The largest absolute Gasteiger partial charge is 0.385 e. The molecular weight excluding hydrogens is 428 g/mol. The second-order valence-corrected chi connectivity index (χ2v) is 8.86. The van der Waals surface area contributed by atoms with E-state index >= 15 is 0 Å². The molecule has 1 heterocycles. The number of methoxy groups -OCH3 is 1. The summed E-state index contributed by atoms with van der Waals surface area (Å²) in [6.45, 7) is 3.01. The lowest BCUT2D eigenvalue weighted by atomic mass is 9.74. The van der Waals surface area contributed by atoms with Crippen LogP contribution in [0.3, 0.4) is 0 Å². The van der Waals surface area contributed by atoms with Crippen LogP contribution >= 0.6 is 0 Å². The average molecular weight is 459 g/mol. The fourth-order valence-electron chi connectivity index (χ4n) is 4.92. The Morgan fingerprint density at radius 3 is 2.56 bits per heavy atom. The van der Waals surface area contributed by atoms with Gasteiger partial charge in [0.15, 0.2) is 0 Å². The number of benzene rings is 3. The summed E-state index contributed by atoms with van der Waals surface area (Å²) in [6.07, 6.45) is 0.477. The molecular formula is C28H30N2O4. The molecule has 0 radical (unpaired) electrons. The molecule has 6 heteroatoms. The first-order valence-corrected chi connectivity index (χ1v) is 11.6. The highest BCUT2D eigenvalue weighted by Gasteiger charge is 2.53. The molecule has 6 nitrogen and oxygen atoms in total. The van der Waals surface area contributed by atoms with Crippen molar-refractivity contribution in [3.63, 3.8) is 0 Å². The molecule has 0 aromatic heterocycles. The first-order valence-electron chi connectivity index (χ1n) is 11.6. The Kier molecular flexibility index (Phi) is 7.08. The van der Waals surface area contributed by atoms with E-state index in [1.807, 2.05) is 73.7 Å². The second kappa shape index (κ2) is 10.2. The first-order chi connectivity index (χ1) is 16.5. The standard InChI is InChI=1S/C28H30N2O4/c1-20-9-3-6-14-24(20)28(18-26(32)30(27(28)33)15-8-16-34-2)17-25(31)29-19-22-12-7-11-21-10-4-5-13-23(21)22/h3-7,9-14H,8,15-19H2,1-2H3,(H,29,31)/t28-/m1/s1. The van der Waals surface area contributed by atoms with Crippen LogP contribution in [0, 0.1) is 6.92 Å². The Balaban J connectivity index is 1.58. The molecule has 1 fully saturated rings. The van der Waals surface area contributed by atoms with Crippen LogP contribution in [0.4, 0.5) is 0 Å². The average Bonchev–Trinajstić information content (AvgIpc) is 3.07. The summed E-state index contributed by atoms with van der Waals surface area (Å²) >= 11 is 0. The van der Waals surface area contributed by atoms with Crippen molar-refractivity contribution in [1.29, 1.82) is 0 Å². The Labute approximate surface area is 199 Å². The minimum Gasteiger partial charge on any atom is -0.385 e. The van der Waals surface area contributed by atoms with Crippen molar-refractivity contribution in [3.05, 3.63) is 83.4 Å². The van der Waals surface area contributed by atoms with Crippen LogP contribution in [0.1, 0.15) is 36.0 Å². The zero-order valence-corrected chi connectivity index (χ0v) is 19.7. The molecule has 1 aliphatic heterocycles. The van der Waals surface area contributed by atoms with Crippen molar-refractivity contribution in [2.45, 2.75) is 38.1 Å². The van der Waals surface area contributed by atoms with Gasteiger partial charge in [-0.1, -0.05) is 66.7 Å². The Hall–Kier alpha value is -3.51. The third-order valence-corrected chi connectivity index (χ3v) is 6.62. The Morgan fingerprint density at radius 1 is 1.03 bits per heavy atom. The zero-order chi connectivity index (χ0) is 24.1. The molecule has 1 aliphatic rings. The van der Waals surface area contributed by atoms with Crippen molar-refractivity contribution >= 4 is 28.5 Å². The summed E-state index contributed by atoms with van der Waals surface area (Å²) in [6, 6.07) is 21.5. The molecule has 0 aliphatic carbocycles. The summed E-state index contributed by atoms with van der Waals surface area (Å²) in [7, 11) is 1.59. The predicted octanol–water partition coefficient (Wildman–Crippen LogP) is 3.89. The second-order valence-electron chi connectivity index (χ2n) is 8.86. The normalized spacial score (nSPS) is 18.0. The molecule has 1 saturated heterocycles. The van der Waals surface area contributed by atoms with Crippen molar-refractivity contribution in [1.82, 2.24) is 10.2 Å². The number of nitrogens with zero attached hydrogens (tertiary/aromatic N) is 1. The number of carbonyl (C=O) groups excluding carboxylic acids is 3. The number of likely N-dealkylation sites (tertiary alicyclic amines) is 1. The van der Waals surface area contributed by atoms with Crippen molar-refractivity contribution in [2.24, 2.45) is 0 Å². The van der Waals surface area contributed by atoms with Gasteiger partial charge in [-0.3, -0.25) is 19.3 Å². The van der Waals surface area contributed by atoms with Gasteiger partial charge in [0.1, 0.15) is 0 Å². The summed E-state index contributed by atoms with van der Waals surface area (Å²) in [5.41, 5.74) is 1.44. The van der Waals surface area contributed by atoms with Gasteiger partial charge in [-0.15, -0.1) is 0 Å². The fourth-order valence-corrected chi connectivity index (χ4v) is 4.92. The molecule has 0 bridgehead atoms. The molecule has 0 unspecified atom stereocenters.